The molecule has 1 saturated heterocycles. The van der Waals surface area contributed by atoms with Gasteiger partial charge in [-0.2, -0.15) is 0 Å². The minimum Gasteiger partial charge on any atom is -0.397 e. The third-order valence-corrected chi connectivity index (χ3v) is 2.71. The number of piperidine rings is 1. The highest BCUT2D eigenvalue weighted by Gasteiger charge is 2.26. The molecule has 0 aromatic carbocycles. The van der Waals surface area contributed by atoms with Gasteiger partial charge >= 0.3 is 0 Å². The highest BCUT2D eigenvalue weighted by atomic mass is 16.2. The molecule has 1 unspecified atom stereocenters. The van der Waals surface area contributed by atoms with E-state index >= 15 is 0 Å². The van der Waals surface area contributed by atoms with Gasteiger partial charge in [0.1, 0.15) is 11.9 Å². The normalized spacial score (nSPS) is 19.9. The molecule has 6 heteroatoms. The molecule has 1 aromatic heterocycles. The van der Waals surface area contributed by atoms with E-state index in [0.29, 0.717) is 24.3 Å². The predicted molar refractivity (Wildman–Crippen MR) is 63.2 cm³/mol. The fourth-order valence-corrected chi connectivity index (χ4v) is 1.66. The lowest BCUT2D eigenvalue weighted by Crippen LogP contribution is -2.47. The lowest BCUT2D eigenvalue weighted by molar-refractivity contribution is -0.133. The van der Waals surface area contributed by atoms with E-state index < -0.39 is 6.04 Å². The van der Waals surface area contributed by atoms with Crippen LogP contribution < -0.4 is 16.4 Å². The van der Waals surface area contributed by atoms with Gasteiger partial charge in [0.25, 0.3) is 0 Å². The number of nitrogens with two attached hydrogens (primary N) is 1. The molecule has 2 amide bonds. The molecule has 0 spiro atoms. The van der Waals surface area contributed by atoms with Crippen molar-refractivity contribution < 1.29 is 9.59 Å². The SMILES string of the molecule is Cc1cc(NC2CCC(=O)NC2=O)ncc1N. The molecule has 90 valence electrons. The number of imide groups is 1. The summed E-state index contributed by atoms with van der Waals surface area (Å²) in [5.74, 6) is 0.0539. The maximum absolute atomic E-state index is 11.5. The van der Waals surface area contributed by atoms with Crippen molar-refractivity contribution in [1.82, 2.24) is 10.3 Å². The van der Waals surface area contributed by atoms with Gasteiger partial charge in [-0.15, -0.1) is 0 Å². The number of pyridine rings is 1. The van der Waals surface area contributed by atoms with Crippen LogP contribution in [-0.4, -0.2) is 22.8 Å². The van der Waals surface area contributed by atoms with Gasteiger partial charge in [0.2, 0.25) is 11.8 Å². The van der Waals surface area contributed by atoms with Crippen LogP contribution in [-0.2, 0) is 9.59 Å². The van der Waals surface area contributed by atoms with Gasteiger partial charge in [-0.1, -0.05) is 0 Å². The zero-order valence-electron chi connectivity index (χ0n) is 9.49. The van der Waals surface area contributed by atoms with Gasteiger partial charge in [-0.3, -0.25) is 14.9 Å². The first-order valence-corrected chi connectivity index (χ1v) is 5.38. The van der Waals surface area contributed by atoms with Crippen molar-refractivity contribution in [3.8, 4) is 0 Å². The van der Waals surface area contributed by atoms with Gasteiger partial charge in [0.15, 0.2) is 0 Å². The van der Waals surface area contributed by atoms with E-state index in [1.807, 2.05) is 6.92 Å². The van der Waals surface area contributed by atoms with E-state index in [1.165, 1.54) is 0 Å². The zero-order chi connectivity index (χ0) is 12.4. The second kappa shape index (κ2) is 4.40. The summed E-state index contributed by atoms with van der Waals surface area (Å²) in [6.07, 6.45) is 2.37. The largest absolute Gasteiger partial charge is 0.397 e. The second-order valence-corrected chi connectivity index (χ2v) is 4.07. The molecule has 6 nitrogen and oxygen atoms in total. The van der Waals surface area contributed by atoms with Crippen LogP contribution in [0.25, 0.3) is 0 Å². The summed E-state index contributed by atoms with van der Waals surface area (Å²) in [4.78, 5) is 26.6. The first-order valence-electron chi connectivity index (χ1n) is 5.38. The van der Waals surface area contributed by atoms with Crippen molar-refractivity contribution in [2.75, 3.05) is 11.1 Å². The van der Waals surface area contributed by atoms with Crippen LogP contribution in [0.1, 0.15) is 18.4 Å². The number of amides is 2. The maximum Gasteiger partial charge on any atom is 0.249 e. The average Bonchev–Trinajstić information content (AvgIpc) is 2.27. The first kappa shape index (κ1) is 11.4. The van der Waals surface area contributed by atoms with E-state index in [4.69, 9.17) is 5.73 Å². The lowest BCUT2D eigenvalue weighted by Gasteiger charge is -2.22. The quantitative estimate of drug-likeness (QED) is 0.635. The molecule has 1 aliphatic heterocycles. The Morgan fingerprint density at radius 3 is 2.94 bits per heavy atom. The van der Waals surface area contributed by atoms with Crippen LogP contribution in [0.4, 0.5) is 11.5 Å². The Labute approximate surface area is 98.6 Å². The number of aromatic nitrogens is 1. The number of nitrogens with one attached hydrogen (secondary N) is 2. The van der Waals surface area contributed by atoms with Crippen LogP contribution >= 0.6 is 0 Å². The molecule has 0 bridgehead atoms. The molecule has 1 fully saturated rings. The van der Waals surface area contributed by atoms with Gasteiger partial charge in [-0.05, 0) is 25.0 Å². The molecule has 0 radical (unpaired) electrons. The minimum atomic E-state index is -0.414. The topological polar surface area (TPSA) is 97.1 Å². The Morgan fingerprint density at radius 1 is 1.53 bits per heavy atom. The highest BCUT2D eigenvalue weighted by molar-refractivity contribution is 6.01. The maximum atomic E-state index is 11.5. The molecule has 0 saturated carbocycles. The molecule has 17 heavy (non-hydrogen) atoms. The number of nitrogens with zero attached hydrogens (tertiary/aromatic N) is 1. The molecule has 4 N–H and O–H groups in total. The predicted octanol–water partition coefficient (Wildman–Crippen LogP) is 0.189. The van der Waals surface area contributed by atoms with Gasteiger partial charge in [-0.25, -0.2) is 4.98 Å². The van der Waals surface area contributed by atoms with Crippen molar-refractivity contribution in [3.05, 3.63) is 17.8 Å². The Kier molecular flexibility index (Phi) is 2.95. The number of rotatable bonds is 2. The number of hydrogen-bond acceptors (Lipinski definition) is 5. The van der Waals surface area contributed by atoms with Crippen LogP contribution in [0.5, 0.6) is 0 Å². The Hall–Kier alpha value is -2.11. The molecule has 0 aliphatic carbocycles. The minimum absolute atomic E-state index is 0.227. The van der Waals surface area contributed by atoms with Crippen LogP contribution in [0.2, 0.25) is 0 Å². The number of aryl methyl sites for hydroxylation is 1. The van der Waals surface area contributed by atoms with Crippen LogP contribution in [0.15, 0.2) is 12.3 Å². The summed E-state index contributed by atoms with van der Waals surface area (Å²) in [5.41, 5.74) is 7.16. The van der Waals surface area contributed by atoms with Crippen molar-refractivity contribution in [3.63, 3.8) is 0 Å². The van der Waals surface area contributed by atoms with Gasteiger partial charge in [0, 0.05) is 6.42 Å². The summed E-state index contributed by atoms with van der Waals surface area (Å²) in [7, 11) is 0. The number of hydrogen-bond donors (Lipinski definition) is 3. The van der Waals surface area contributed by atoms with Crippen molar-refractivity contribution >= 4 is 23.3 Å². The summed E-state index contributed by atoms with van der Waals surface area (Å²) < 4.78 is 0. The van der Waals surface area contributed by atoms with Crippen molar-refractivity contribution in [2.24, 2.45) is 0 Å². The van der Waals surface area contributed by atoms with Crippen LogP contribution in [0, 0.1) is 6.92 Å². The molecular formula is C11H14N4O2. The summed E-state index contributed by atoms with van der Waals surface area (Å²) in [6, 6.07) is 1.36. The number of nitrogen functional groups attached to an aromatic ring is 1. The van der Waals surface area contributed by atoms with E-state index in [0.717, 1.165) is 5.56 Å². The molecular weight excluding hydrogens is 220 g/mol. The summed E-state index contributed by atoms with van der Waals surface area (Å²) in [6.45, 7) is 1.87. The van der Waals surface area contributed by atoms with Gasteiger partial charge < -0.3 is 11.1 Å². The van der Waals surface area contributed by atoms with Crippen molar-refractivity contribution in [2.45, 2.75) is 25.8 Å². The first-order chi connectivity index (χ1) is 8.06. The zero-order valence-corrected chi connectivity index (χ0v) is 9.49. The Balaban J connectivity index is 2.08. The van der Waals surface area contributed by atoms with Crippen molar-refractivity contribution in [1.29, 1.82) is 0 Å². The Bertz CT molecular complexity index is 473. The van der Waals surface area contributed by atoms with Gasteiger partial charge in [0.05, 0.1) is 11.9 Å². The summed E-state index contributed by atoms with van der Waals surface area (Å²) >= 11 is 0. The monoisotopic (exact) mass is 234 g/mol. The highest BCUT2D eigenvalue weighted by Crippen LogP contribution is 2.16. The van der Waals surface area contributed by atoms with E-state index in [9.17, 15) is 9.59 Å². The summed E-state index contributed by atoms with van der Waals surface area (Å²) in [5, 5.41) is 5.27. The number of carbonyl (C=O) groups excluding carboxylic acids is 2. The fourth-order valence-electron chi connectivity index (χ4n) is 1.66. The van der Waals surface area contributed by atoms with E-state index in [2.05, 4.69) is 15.6 Å². The second-order valence-electron chi connectivity index (χ2n) is 4.07. The molecule has 1 atom stereocenters. The smallest absolute Gasteiger partial charge is 0.249 e. The fraction of sp³-hybridized carbons (Fsp3) is 0.364. The lowest BCUT2D eigenvalue weighted by atomic mass is 10.1. The number of carbonyl (C=O) groups is 2. The third kappa shape index (κ3) is 2.52. The molecule has 1 aromatic rings. The Morgan fingerprint density at radius 2 is 2.29 bits per heavy atom. The number of anilines is 2. The van der Waals surface area contributed by atoms with E-state index in [1.54, 1.807) is 12.3 Å². The standard InChI is InChI=1S/C11H14N4O2/c1-6-4-9(13-5-7(6)12)14-8-2-3-10(16)15-11(8)17/h4-5,8H,2-3,12H2,1H3,(H,13,14)(H,15,16,17). The average molecular weight is 234 g/mol. The van der Waals surface area contributed by atoms with E-state index in [-0.39, 0.29) is 11.8 Å². The third-order valence-electron chi connectivity index (χ3n) is 2.71. The van der Waals surface area contributed by atoms with Crippen LogP contribution in [0.3, 0.4) is 0 Å². The molecule has 2 heterocycles. The molecule has 1 aliphatic rings. The molecule has 2 rings (SSSR count).